The molecule has 0 radical (unpaired) electrons. The number of ether oxygens (including phenoxy) is 1. The van der Waals surface area contributed by atoms with E-state index < -0.39 is 0 Å². The summed E-state index contributed by atoms with van der Waals surface area (Å²) in [7, 11) is 1.62. The fraction of sp³-hybridized carbons (Fsp3) is 0.364. The molecule has 154 valence electrons. The molecule has 0 spiro atoms. The molecule has 3 aromatic rings. The largest absolute Gasteiger partial charge is 0.383 e. The molecule has 7 heteroatoms. The van der Waals surface area contributed by atoms with Crippen LogP contribution in [-0.2, 0) is 16.0 Å². The van der Waals surface area contributed by atoms with E-state index in [1.54, 1.807) is 13.2 Å². The van der Waals surface area contributed by atoms with E-state index in [1.165, 1.54) is 0 Å². The lowest BCUT2D eigenvalue weighted by Gasteiger charge is -2.21. The van der Waals surface area contributed by atoms with Gasteiger partial charge in [0, 0.05) is 20.1 Å². The van der Waals surface area contributed by atoms with E-state index in [0.717, 1.165) is 28.8 Å². The number of amides is 1. The number of aromatic nitrogens is 2. The summed E-state index contributed by atoms with van der Waals surface area (Å²) >= 11 is 12.3. The van der Waals surface area contributed by atoms with Crippen molar-refractivity contribution in [2.45, 2.75) is 32.2 Å². The van der Waals surface area contributed by atoms with Crippen molar-refractivity contribution < 1.29 is 9.53 Å². The van der Waals surface area contributed by atoms with Crippen LogP contribution < -0.4 is 5.32 Å². The van der Waals surface area contributed by atoms with Gasteiger partial charge in [-0.05, 0) is 36.2 Å². The molecule has 0 saturated heterocycles. The number of nitrogens with one attached hydrogen (secondary N) is 1. The molecule has 1 heterocycles. The summed E-state index contributed by atoms with van der Waals surface area (Å²) in [4.78, 5) is 17.8. The summed E-state index contributed by atoms with van der Waals surface area (Å²) in [6.45, 7) is 3.03. The Morgan fingerprint density at radius 2 is 2.00 bits per heavy atom. The third-order valence-corrected chi connectivity index (χ3v) is 5.54. The van der Waals surface area contributed by atoms with E-state index in [9.17, 15) is 4.79 Å². The molecule has 0 aliphatic heterocycles. The molecule has 2 aromatic carbocycles. The van der Waals surface area contributed by atoms with Gasteiger partial charge < -0.3 is 14.6 Å². The van der Waals surface area contributed by atoms with Gasteiger partial charge in [-0.3, -0.25) is 4.79 Å². The van der Waals surface area contributed by atoms with E-state index in [-0.39, 0.29) is 11.9 Å². The second-order valence-electron chi connectivity index (χ2n) is 6.90. The maximum Gasteiger partial charge on any atom is 0.243 e. The lowest BCUT2D eigenvalue weighted by molar-refractivity contribution is -0.124. The molecule has 0 fully saturated rings. The van der Waals surface area contributed by atoms with Crippen molar-refractivity contribution in [2.24, 2.45) is 0 Å². The van der Waals surface area contributed by atoms with Crippen molar-refractivity contribution in [1.82, 2.24) is 14.9 Å². The summed E-state index contributed by atoms with van der Waals surface area (Å²) in [5.41, 5.74) is 2.81. The Labute approximate surface area is 181 Å². The number of fused-ring (bicyclic) bond motifs is 1. The van der Waals surface area contributed by atoms with Crippen molar-refractivity contribution in [2.75, 3.05) is 20.3 Å². The first-order chi connectivity index (χ1) is 14.0. The second-order valence-corrected chi connectivity index (χ2v) is 7.71. The van der Waals surface area contributed by atoms with E-state index in [1.807, 2.05) is 36.4 Å². The van der Waals surface area contributed by atoms with Gasteiger partial charge in [0.05, 0.1) is 27.7 Å². The Morgan fingerprint density at radius 1 is 1.21 bits per heavy atom. The van der Waals surface area contributed by atoms with Crippen LogP contribution in [0, 0.1) is 0 Å². The Balaban J connectivity index is 2.02. The van der Waals surface area contributed by atoms with Gasteiger partial charge in [0.15, 0.2) is 0 Å². The number of benzene rings is 2. The zero-order valence-corrected chi connectivity index (χ0v) is 18.1. The van der Waals surface area contributed by atoms with Gasteiger partial charge in [0.2, 0.25) is 5.91 Å². The van der Waals surface area contributed by atoms with Crippen LogP contribution in [0.4, 0.5) is 0 Å². The molecule has 1 atom stereocenters. The third kappa shape index (κ3) is 5.10. The third-order valence-electron chi connectivity index (χ3n) is 4.80. The standard InChI is InChI=1S/C22H25Cl2N3O2/c1-3-6-20(22(28)25-11-12-29-2)27-19-8-5-4-7-18(19)26-21(27)14-15-9-10-16(23)17(24)13-15/h4-5,7-10,13,20H,3,6,11-12,14H2,1-2H3,(H,25,28). The first-order valence-electron chi connectivity index (χ1n) is 9.71. The minimum Gasteiger partial charge on any atom is -0.383 e. The van der Waals surface area contributed by atoms with Crippen LogP contribution in [0.25, 0.3) is 11.0 Å². The van der Waals surface area contributed by atoms with E-state index >= 15 is 0 Å². The summed E-state index contributed by atoms with van der Waals surface area (Å²) < 4.78 is 7.12. The maximum absolute atomic E-state index is 13.0. The van der Waals surface area contributed by atoms with Crippen molar-refractivity contribution in [3.8, 4) is 0 Å². The van der Waals surface area contributed by atoms with Crippen LogP contribution in [0.5, 0.6) is 0 Å². The highest BCUT2D eigenvalue weighted by Crippen LogP contribution is 2.28. The topological polar surface area (TPSA) is 56.1 Å². The first kappa shape index (κ1) is 21.6. The highest BCUT2D eigenvalue weighted by Gasteiger charge is 2.25. The van der Waals surface area contributed by atoms with Gasteiger partial charge in [0.1, 0.15) is 11.9 Å². The summed E-state index contributed by atoms with van der Waals surface area (Å²) in [6, 6.07) is 13.1. The Bertz CT molecular complexity index is 987. The fourth-order valence-electron chi connectivity index (χ4n) is 3.44. The zero-order chi connectivity index (χ0) is 20.8. The lowest BCUT2D eigenvalue weighted by Crippen LogP contribution is -2.35. The highest BCUT2D eigenvalue weighted by atomic mass is 35.5. The van der Waals surface area contributed by atoms with Crippen molar-refractivity contribution in [1.29, 1.82) is 0 Å². The summed E-state index contributed by atoms with van der Waals surface area (Å²) in [5.74, 6) is 0.798. The van der Waals surface area contributed by atoms with Gasteiger partial charge in [0.25, 0.3) is 0 Å². The fourth-order valence-corrected chi connectivity index (χ4v) is 3.76. The van der Waals surface area contributed by atoms with Gasteiger partial charge in [-0.2, -0.15) is 0 Å². The van der Waals surface area contributed by atoms with Crippen LogP contribution in [0.1, 0.15) is 37.2 Å². The molecule has 0 bridgehead atoms. The van der Waals surface area contributed by atoms with Crippen LogP contribution >= 0.6 is 23.2 Å². The molecule has 1 unspecified atom stereocenters. The van der Waals surface area contributed by atoms with Crippen molar-refractivity contribution >= 4 is 40.1 Å². The van der Waals surface area contributed by atoms with Crippen LogP contribution in [0.15, 0.2) is 42.5 Å². The van der Waals surface area contributed by atoms with Gasteiger partial charge in [-0.25, -0.2) is 4.98 Å². The average Bonchev–Trinajstić information content (AvgIpc) is 3.06. The predicted octanol–water partition coefficient (Wildman–Crippen LogP) is 5.04. The smallest absolute Gasteiger partial charge is 0.243 e. The van der Waals surface area contributed by atoms with Gasteiger partial charge in [-0.15, -0.1) is 0 Å². The van der Waals surface area contributed by atoms with E-state index in [0.29, 0.717) is 36.0 Å². The highest BCUT2D eigenvalue weighted by molar-refractivity contribution is 6.42. The number of methoxy groups -OCH3 is 1. The van der Waals surface area contributed by atoms with Gasteiger partial charge in [-0.1, -0.05) is 54.7 Å². The molecular weight excluding hydrogens is 409 g/mol. The molecule has 0 aliphatic rings. The van der Waals surface area contributed by atoms with E-state index in [4.69, 9.17) is 32.9 Å². The number of para-hydroxylation sites is 2. The van der Waals surface area contributed by atoms with Crippen molar-refractivity contribution in [3.05, 3.63) is 63.9 Å². The minimum atomic E-state index is -0.345. The molecule has 3 rings (SSSR count). The van der Waals surface area contributed by atoms with Crippen LogP contribution in [-0.4, -0.2) is 35.7 Å². The zero-order valence-electron chi connectivity index (χ0n) is 16.6. The molecule has 0 aliphatic carbocycles. The Morgan fingerprint density at radius 3 is 2.72 bits per heavy atom. The number of imidazole rings is 1. The number of hydrogen-bond donors (Lipinski definition) is 1. The molecular formula is C22H25Cl2N3O2. The monoisotopic (exact) mass is 433 g/mol. The number of halogens is 2. The first-order valence-corrected chi connectivity index (χ1v) is 10.5. The van der Waals surface area contributed by atoms with E-state index in [2.05, 4.69) is 16.8 Å². The average molecular weight is 434 g/mol. The minimum absolute atomic E-state index is 0.0255. The number of carbonyl (C=O) groups excluding carboxylic acids is 1. The Hall–Kier alpha value is -2.08. The molecule has 1 aromatic heterocycles. The van der Waals surface area contributed by atoms with Gasteiger partial charge >= 0.3 is 0 Å². The van der Waals surface area contributed by atoms with Crippen molar-refractivity contribution in [3.63, 3.8) is 0 Å². The molecule has 1 N–H and O–H groups in total. The Kier molecular flexibility index (Phi) is 7.53. The molecule has 29 heavy (non-hydrogen) atoms. The molecule has 0 saturated carbocycles. The number of rotatable bonds is 9. The number of nitrogens with zero attached hydrogens (tertiary/aromatic N) is 2. The quantitative estimate of drug-likeness (QED) is 0.480. The second kappa shape index (κ2) is 10.1. The number of hydrogen-bond acceptors (Lipinski definition) is 3. The normalized spacial score (nSPS) is 12.3. The number of carbonyl (C=O) groups is 1. The maximum atomic E-state index is 13.0. The lowest BCUT2D eigenvalue weighted by atomic mass is 10.1. The van der Waals surface area contributed by atoms with Crippen LogP contribution in [0.3, 0.4) is 0 Å². The molecule has 5 nitrogen and oxygen atoms in total. The van der Waals surface area contributed by atoms with Crippen LogP contribution in [0.2, 0.25) is 10.0 Å². The summed E-state index contributed by atoms with van der Waals surface area (Å²) in [5, 5.41) is 4.01. The summed E-state index contributed by atoms with van der Waals surface area (Å²) in [6.07, 6.45) is 2.14. The SMILES string of the molecule is CCCC(C(=O)NCCOC)n1c(Cc2ccc(Cl)c(Cl)c2)nc2ccccc21. The molecule has 1 amide bonds. The predicted molar refractivity (Wildman–Crippen MR) is 118 cm³/mol.